The van der Waals surface area contributed by atoms with Crippen LogP contribution >= 0.6 is 0 Å². The normalized spacial score (nSPS) is 20.1. The molecule has 5 heteroatoms. The molecule has 0 bridgehead atoms. The zero-order valence-electron chi connectivity index (χ0n) is 9.77. The van der Waals surface area contributed by atoms with Gasteiger partial charge in [0, 0.05) is 5.69 Å². The van der Waals surface area contributed by atoms with Gasteiger partial charge in [-0.3, -0.25) is 9.59 Å². The minimum Gasteiger partial charge on any atom is -0.497 e. The number of amides is 2. The van der Waals surface area contributed by atoms with Gasteiger partial charge in [-0.25, -0.2) is 0 Å². The third-order valence-electron chi connectivity index (χ3n) is 2.70. The molecule has 1 aromatic rings. The lowest BCUT2D eigenvalue weighted by Crippen LogP contribution is -2.57. The van der Waals surface area contributed by atoms with Gasteiger partial charge >= 0.3 is 0 Å². The van der Waals surface area contributed by atoms with Gasteiger partial charge in [0.25, 0.3) is 0 Å². The van der Waals surface area contributed by atoms with Crippen LogP contribution in [0.2, 0.25) is 0 Å². The number of carbonyl (C=O) groups excluding carboxylic acids is 2. The predicted molar refractivity (Wildman–Crippen MR) is 63.0 cm³/mol. The Bertz CT molecular complexity index is 442. The van der Waals surface area contributed by atoms with Gasteiger partial charge < -0.3 is 15.0 Å². The summed E-state index contributed by atoms with van der Waals surface area (Å²) in [5, 5.41) is 2.60. The summed E-state index contributed by atoms with van der Waals surface area (Å²) < 4.78 is 5.04. The highest BCUT2D eigenvalue weighted by Gasteiger charge is 2.30. The van der Waals surface area contributed by atoms with Crippen LogP contribution in [0, 0.1) is 0 Å². The van der Waals surface area contributed by atoms with E-state index in [9.17, 15) is 9.59 Å². The molecule has 1 aliphatic heterocycles. The van der Waals surface area contributed by atoms with Gasteiger partial charge in [0.15, 0.2) is 0 Å². The van der Waals surface area contributed by atoms with Crippen LogP contribution in [-0.4, -0.2) is 31.5 Å². The number of ether oxygens (including phenoxy) is 1. The second kappa shape index (κ2) is 4.45. The predicted octanol–water partition coefficient (Wildman–Crippen LogP) is 0.546. The maximum atomic E-state index is 11.9. The molecule has 0 radical (unpaired) electrons. The highest BCUT2D eigenvalue weighted by atomic mass is 16.5. The van der Waals surface area contributed by atoms with Gasteiger partial charge in [-0.1, -0.05) is 0 Å². The first-order chi connectivity index (χ1) is 8.11. The summed E-state index contributed by atoms with van der Waals surface area (Å²) in [6.07, 6.45) is 0. The van der Waals surface area contributed by atoms with Crippen LogP contribution in [0.3, 0.4) is 0 Å². The first kappa shape index (κ1) is 11.4. The maximum Gasteiger partial charge on any atom is 0.249 e. The Kier molecular flexibility index (Phi) is 2.99. The van der Waals surface area contributed by atoms with Gasteiger partial charge in [0.2, 0.25) is 11.8 Å². The molecule has 1 heterocycles. The van der Waals surface area contributed by atoms with Crippen molar-refractivity contribution in [3.8, 4) is 5.75 Å². The molecule has 1 aromatic carbocycles. The highest BCUT2D eigenvalue weighted by Crippen LogP contribution is 2.21. The summed E-state index contributed by atoms with van der Waals surface area (Å²) in [4.78, 5) is 24.8. The Morgan fingerprint density at radius 2 is 1.94 bits per heavy atom. The van der Waals surface area contributed by atoms with Crippen LogP contribution < -0.4 is 15.0 Å². The Hall–Kier alpha value is -2.04. The molecular formula is C12H14N2O3. The van der Waals surface area contributed by atoms with Gasteiger partial charge in [-0.15, -0.1) is 0 Å². The van der Waals surface area contributed by atoms with Crippen molar-refractivity contribution < 1.29 is 14.3 Å². The molecule has 17 heavy (non-hydrogen) atoms. The molecule has 1 atom stereocenters. The minimum atomic E-state index is -0.474. The van der Waals surface area contributed by atoms with Crippen LogP contribution in [-0.2, 0) is 9.59 Å². The smallest absolute Gasteiger partial charge is 0.249 e. The average Bonchev–Trinajstić information content (AvgIpc) is 2.34. The molecule has 1 aliphatic rings. The number of hydrogen-bond donors (Lipinski definition) is 1. The maximum absolute atomic E-state index is 11.9. The number of carbonyl (C=O) groups is 2. The van der Waals surface area contributed by atoms with Crippen molar-refractivity contribution in [1.29, 1.82) is 0 Å². The highest BCUT2D eigenvalue weighted by molar-refractivity contribution is 6.06. The van der Waals surface area contributed by atoms with Crippen molar-refractivity contribution in [3.05, 3.63) is 24.3 Å². The average molecular weight is 234 g/mol. The molecule has 1 fully saturated rings. The van der Waals surface area contributed by atoms with Crippen molar-refractivity contribution in [3.63, 3.8) is 0 Å². The van der Waals surface area contributed by atoms with Crippen LogP contribution in [0.1, 0.15) is 6.92 Å². The van der Waals surface area contributed by atoms with E-state index in [1.54, 1.807) is 38.3 Å². The summed E-state index contributed by atoms with van der Waals surface area (Å²) in [6, 6.07) is 6.59. The fraction of sp³-hybridized carbons (Fsp3) is 0.333. The molecular weight excluding hydrogens is 220 g/mol. The second-order valence-electron chi connectivity index (χ2n) is 3.91. The monoisotopic (exact) mass is 234 g/mol. The molecule has 5 nitrogen and oxygen atoms in total. The summed E-state index contributed by atoms with van der Waals surface area (Å²) in [6.45, 7) is 1.74. The lowest BCUT2D eigenvalue weighted by molar-refractivity contribution is -0.130. The van der Waals surface area contributed by atoms with Gasteiger partial charge in [-0.2, -0.15) is 0 Å². The van der Waals surface area contributed by atoms with Gasteiger partial charge in [0.05, 0.1) is 7.11 Å². The lowest BCUT2D eigenvalue weighted by atomic mass is 10.2. The first-order valence-electron chi connectivity index (χ1n) is 5.36. The van der Waals surface area contributed by atoms with Crippen LogP contribution in [0.4, 0.5) is 5.69 Å². The molecule has 90 valence electrons. The van der Waals surface area contributed by atoms with E-state index in [1.165, 1.54) is 4.90 Å². The number of piperazine rings is 1. The van der Waals surface area contributed by atoms with Crippen molar-refractivity contribution >= 4 is 17.5 Å². The molecule has 1 unspecified atom stereocenters. The Labute approximate surface area is 99.4 Å². The van der Waals surface area contributed by atoms with Gasteiger partial charge in [-0.05, 0) is 31.2 Å². The largest absolute Gasteiger partial charge is 0.497 e. The second-order valence-corrected chi connectivity index (χ2v) is 3.91. The van der Waals surface area contributed by atoms with Crippen LogP contribution in [0.25, 0.3) is 0 Å². The molecule has 1 saturated heterocycles. The molecule has 2 amide bonds. The van der Waals surface area contributed by atoms with Crippen LogP contribution in [0.15, 0.2) is 24.3 Å². The molecule has 0 aromatic heterocycles. The van der Waals surface area contributed by atoms with E-state index in [0.29, 0.717) is 5.69 Å². The van der Waals surface area contributed by atoms with E-state index in [0.717, 1.165) is 5.75 Å². The van der Waals surface area contributed by atoms with E-state index in [-0.39, 0.29) is 18.4 Å². The minimum absolute atomic E-state index is 0.0650. The summed E-state index contributed by atoms with van der Waals surface area (Å²) in [7, 11) is 1.58. The molecule has 0 spiro atoms. The number of rotatable bonds is 2. The van der Waals surface area contributed by atoms with E-state index in [1.807, 2.05) is 0 Å². The Morgan fingerprint density at radius 3 is 2.53 bits per heavy atom. The zero-order valence-corrected chi connectivity index (χ0v) is 9.77. The third kappa shape index (κ3) is 2.22. The van der Waals surface area contributed by atoms with Crippen molar-refractivity contribution in [2.24, 2.45) is 0 Å². The number of nitrogens with one attached hydrogen (secondary N) is 1. The molecule has 1 N–H and O–H groups in total. The number of anilines is 1. The zero-order chi connectivity index (χ0) is 12.4. The number of nitrogens with zero attached hydrogens (tertiary/aromatic N) is 1. The lowest BCUT2D eigenvalue weighted by Gasteiger charge is -2.30. The summed E-state index contributed by atoms with van der Waals surface area (Å²) >= 11 is 0. The van der Waals surface area contributed by atoms with Crippen molar-refractivity contribution in [2.45, 2.75) is 13.0 Å². The fourth-order valence-electron chi connectivity index (χ4n) is 1.78. The SMILES string of the molecule is COc1ccc(N2CC(=O)NC(C)C2=O)cc1. The number of methoxy groups -OCH3 is 1. The third-order valence-corrected chi connectivity index (χ3v) is 2.70. The van der Waals surface area contributed by atoms with Crippen molar-refractivity contribution in [2.75, 3.05) is 18.6 Å². The Balaban J connectivity index is 2.25. The summed E-state index contributed by atoms with van der Waals surface area (Å²) in [5.41, 5.74) is 0.706. The van der Waals surface area contributed by atoms with E-state index in [4.69, 9.17) is 4.74 Å². The van der Waals surface area contributed by atoms with Crippen LogP contribution in [0.5, 0.6) is 5.75 Å². The van der Waals surface area contributed by atoms with E-state index in [2.05, 4.69) is 5.32 Å². The molecule has 2 rings (SSSR count). The fourth-order valence-corrected chi connectivity index (χ4v) is 1.78. The van der Waals surface area contributed by atoms with Crippen molar-refractivity contribution in [1.82, 2.24) is 5.32 Å². The topological polar surface area (TPSA) is 58.6 Å². The molecule has 0 saturated carbocycles. The quantitative estimate of drug-likeness (QED) is 0.812. The summed E-state index contributed by atoms with van der Waals surface area (Å²) in [5.74, 6) is 0.471. The first-order valence-corrected chi connectivity index (χ1v) is 5.36. The van der Waals surface area contributed by atoms with E-state index < -0.39 is 6.04 Å². The van der Waals surface area contributed by atoms with Gasteiger partial charge in [0.1, 0.15) is 18.3 Å². The number of benzene rings is 1. The van der Waals surface area contributed by atoms with E-state index >= 15 is 0 Å². The standard InChI is InChI=1S/C12H14N2O3/c1-8-12(16)14(7-11(15)13-8)9-3-5-10(17-2)6-4-9/h3-6,8H,7H2,1-2H3,(H,13,15). The number of hydrogen-bond acceptors (Lipinski definition) is 3. The molecule has 0 aliphatic carbocycles. The Morgan fingerprint density at radius 1 is 1.29 bits per heavy atom.